The highest BCUT2D eigenvalue weighted by molar-refractivity contribution is 14.1. The molecule has 4 rings (SSSR count). The molecule has 1 aliphatic heterocycles. The minimum atomic E-state index is -0.706. The van der Waals surface area contributed by atoms with Gasteiger partial charge in [-0.2, -0.15) is 0 Å². The number of halogens is 2. The van der Waals surface area contributed by atoms with E-state index in [0.29, 0.717) is 40.5 Å². The van der Waals surface area contributed by atoms with Crippen LogP contribution in [0.4, 0.5) is 0 Å². The highest BCUT2D eigenvalue weighted by Crippen LogP contribution is 2.32. The van der Waals surface area contributed by atoms with Gasteiger partial charge in [0.15, 0.2) is 11.4 Å². The predicted molar refractivity (Wildman–Crippen MR) is 158 cm³/mol. The van der Waals surface area contributed by atoms with Crippen LogP contribution in [0.3, 0.4) is 0 Å². The number of thiazole rings is 1. The number of allylic oxidation sites excluding steroid dienone is 1. The molecule has 0 bridgehead atoms. The van der Waals surface area contributed by atoms with Gasteiger partial charge in [0.1, 0.15) is 5.75 Å². The third kappa shape index (κ3) is 6.28. The van der Waals surface area contributed by atoms with Gasteiger partial charge in [-0.15, -0.1) is 0 Å². The molecule has 3 aromatic rings. The molecule has 1 aliphatic rings. The molecule has 0 fully saturated rings. The van der Waals surface area contributed by atoms with E-state index in [0.717, 1.165) is 11.1 Å². The van der Waals surface area contributed by atoms with E-state index < -0.39 is 18.0 Å². The molecule has 1 aromatic heterocycles. The summed E-state index contributed by atoms with van der Waals surface area (Å²) in [6, 6.07) is 10.3. The van der Waals surface area contributed by atoms with E-state index in [9.17, 15) is 14.4 Å². The largest absolute Gasteiger partial charge is 0.480 e. The van der Waals surface area contributed by atoms with Crippen LogP contribution >= 0.6 is 45.5 Å². The molecule has 0 radical (unpaired) electrons. The first-order valence-corrected chi connectivity index (χ1v) is 14.5. The Labute approximate surface area is 247 Å². The summed E-state index contributed by atoms with van der Waals surface area (Å²) >= 11 is 9.59. The van der Waals surface area contributed by atoms with E-state index in [2.05, 4.69) is 27.6 Å². The molecule has 0 saturated heterocycles. The van der Waals surface area contributed by atoms with Crippen LogP contribution in [0.25, 0.3) is 6.08 Å². The molecule has 1 atom stereocenters. The number of hydrogen-bond acceptors (Lipinski definition) is 8. The van der Waals surface area contributed by atoms with Crippen molar-refractivity contribution in [2.45, 2.75) is 33.7 Å². The van der Waals surface area contributed by atoms with Crippen molar-refractivity contribution >= 4 is 63.5 Å². The Balaban J connectivity index is 1.89. The Morgan fingerprint density at radius 2 is 1.82 bits per heavy atom. The van der Waals surface area contributed by atoms with Gasteiger partial charge in [-0.05, 0) is 74.1 Å². The van der Waals surface area contributed by atoms with Crippen molar-refractivity contribution < 1.29 is 23.8 Å². The number of carbonyl (C=O) groups is 2. The van der Waals surface area contributed by atoms with Crippen molar-refractivity contribution in [1.82, 2.24) is 4.57 Å². The fraction of sp³-hybridized carbons (Fsp3) is 0.286. The Morgan fingerprint density at radius 3 is 2.49 bits per heavy atom. The highest BCUT2D eigenvalue weighted by Gasteiger charge is 2.33. The van der Waals surface area contributed by atoms with Crippen LogP contribution in [0.5, 0.6) is 5.75 Å². The summed E-state index contributed by atoms with van der Waals surface area (Å²) in [6.07, 6.45) is 1.66. The first-order valence-electron chi connectivity index (χ1n) is 12.2. The monoisotopic (exact) mass is 680 g/mol. The SMILES string of the molecule is CCOC(=O)COc1c(I)cc(Cl)cc1/C=c1\sc2n(c1=O)[C@@H](c1ccc(C)cc1)C(C(=O)OCC)=C(C)N=2. The van der Waals surface area contributed by atoms with Gasteiger partial charge in [-0.25, -0.2) is 14.6 Å². The van der Waals surface area contributed by atoms with Crippen molar-refractivity contribution in [3.63, 3.8) is 0 Å². The van der Waals surface area contributed by atoms with Gasteiger partial charge in [-0.1, -0.05) is 52.8 Å². The van der Waals surface area contributed by atoms with Gasteiger partial charge in [0, 0.05) is 10.6 Å². The Bertz CT molecular complexity index is 1640. The summed E-state index contributed by atoms with van der Waals surface area (Å²) in [7, 11) is 0. The normalized spacial score (nSPS) is 15.0. The topological polar surface area (TPSA) is 96.2 Å². The van der Waals surface area contributed by atoms with Crippen LogP contribution in [0.15, 0.2) is 57.5 Å². The summed E-state index contributed by atoms with van der Waals surface area (Å²) in [5, 5.41) is 0.444. The molecule has 0 saturated carbocycles. The number of rotatable bonds is 8. The average molecular weight is 681 g/mol. The van der Waals surface area contributed by atoms with Crippen LogP contribution in [-0.2, 0) is 19.1 Å². The molecule has 0 amide bonds. The standard InChI is InChI=1S/C28H26ClIN2O6S/c1-5-36-22(33)14-38-25-18(11-19(29)13-20(25)30)12-21-26(34)32-24(17-9-7-15(3)8-10-17)23(27(35)37-6-2)16(4)31-28(32)39-21/h7-13,24H,5-6,14H2,1-4H3/b21-12-/t24-/m0/s1. The zero-order chi connectivity index (χ0) is 28.3. The molecule has 0 N–H and O–H groups in total. The summed E-state index contributed by atoms with van der Waals surface area (Å²) < 4.78 is 18.6. The zero-order valence-electron chi connectivity index (χ0n) is 21.7. The maximum atomic E-state index is 13.9. The number of aromatic nitrogens is 1. The van der Waals surface area contributed by atoms with Crippen molar-refractivity contribution in [2.75, 3.05) is 19.8 Å². The number of nitrogens with zero attached hydrogens (tertiary/aromatic N) is 2. The number of hydrogen-bond donors (Lipinski definition) is 0. The maximum absolute atomic E-state index is 13.9. The summed E-state index contributed by atoms with van der Waals surface area (Å²) in [4.78, 5) is 43.9. The second-order valence-electron chi connectivity index (χ2n) is 8.61. The Kier molecular flexibility index (Phi) is 9.29. The van der Waals surface area contributed by atoms with Crippen molar-refractivity contribution in [3.8, 4) is 5.75 Å². The van der Waals surface area contributed by atoms with Gasteiger partial charge in [0.25, 0.3) is 5.56 Å². The molecule has 0 unspecified atom stereocenters. The fourth-order valence-corrected chi connectivity index (χ4v) is 6.42. The van der Waals surface area contributed by atoms with Crippen molar-refractivity contribution in [3.05, 3.63) is 92.6 Å². The van der Waals surface area contributed by atoms with Gasteiger partial charge >= 0.3 is 11.9 Å². The molecule has 0 aliphatic carbocycles. The highest BCUT2D eigenvalue weighted by atomic mass is 127. The van der Waals surface area contributed by atoms with Crippen LogP contribution in [0, 0.1) is 10.5 Å². The lowest BCUT2D eigenvalue weighted by molar-refractivity contribution is -0.145. The Hall–Kier alpha value is -2.96. The molecule has 2 heterocycles. The summed E-state index contributed by atoms with van der Waals surface area (Å²) in [6.45, 7) is 7.31. The van der Waals surface area contributed by atoms with E-state index >= 15 is 0 Å². The van der Waals surface area contributed by atoms with Gasteiger partial charge in [-0.3, -0.25) is 9.36 Å². The minimum Gasteiger partial charge on any atom is -0.480 e. The fourth-order valence-electron chi connectivity index (χ4n) is 4.17. The van der Waals surface area contributed by atoms with Gasteiger partial charge in [0.05, 0.1) is 38.6 Å². The first-order chi connectivity index (χ1) is 18.6. The van der Waals surface area contributed by atoms with Crippen LogP contribution < -0.4 is 19.6 Å². The molecular formula is C28H26ClIN2O6S. The number of carbonyl (C=O) groups excluding carboxylic acids is 2. The van der Waals surface area contributed by atoms with E-state index in [1.54, 1.807) is 39.0 Å². The number of ether oxygens (including phenoxy) is 3. The predicted octanol–water partition coefficient (Wildman–Crippen LogP) is 4.31. The average Bonchev–Trinajstić information content (AvgIpc) is 3.17. The Morgan fingerprint density at radius 1 is 1.13 bits per heavy atom. The number of aryl methyl sites for hydroxylation is 1. The lowest BCUT2D eigenvalue weighted by Crippen LogP contribution is -2.39. The first kappa shape index (κ1) is 29.0. The van der Waals surface area contributed by atoms with Crippen LogP contribution in [0.2, 0.25) is 5.02 Å². The van der Waals surface area contributed by atoms with Gasteiger partial charge < -0.3 is 14.2 Å². The lowest BCUT2D eigenvalue weighted by Gasteiger charge is -2.24. The van der Waals surface area contributed by atoms with E-state index in [1.165, 1.54) is 15.9 Å². The van der Waals surface area contributed by atoms with E-state index in [1.807, 2.05) is 31.2 Å². The second-order valence-corrected chi connectivity index (χ2v) is 11.2. The van der Waals surface area contributed by atoms with Crippen molar-refractivity contribution in [2.24, 2.45) is 4.99 Å². The molecule has 0 spiro atoms. The molecule has 8 nitrogen and oxygen atoms in total. The third-order valence-electron chi connectivity index (χ3n) is 5.87. The smallest absolute Gasteiger partial charge is 0.344 e. The molecule has 39 heavy (non-hydrogen) atoms. The summed E-state index contributed by atoms with van der Waals surface area (Å²) in [5.74, 6) is -0.622. The molecule has 2 aromatic carbocycles. The van der Waals surface area contributed by atoms with E-state index in [-0.39, 0.29) is 25.4 Å². The summed E-state index contributed by atoms with van der Waals surface area (Å²) in [5.41, 5.74) is 2.81. The molecule has 204 valence electrons. The molecule has 11 heteroatoms. The number of esters is 2. The quantitative estimate of drug-likeness (QED) is 0.260. The maximum Gasteiger partial charge on any atom is 0.344 e. The van der Waals surface area contributed by atoms with Crippen LogP contribution in [0.1, 0.15) is 43.5 Å². The second kappa shape index (κ2) is 12.5. The lowest BCUT2D eigenvalue weighted by atomic mass is 9.95. The number of fused-ring (bicyclic) bond motifs is 1. The third-order valence-corrected chi connectivity index (χ3v) is 7.88. The van der Waals surface area contributed by atoms with Crippen LogP contribution in [-0.4, -0.2) is 36.3 Å². The molecular weight excluding hydrogens is 655 g/mol. The van der Waals surface area contributed by atoms with E-state index in [4.69, 9.17) is 25.8 Å². The number of benzene rings is 2. The minimum absolute atomic E-state index is 0.197. The van der Waals surface area contributed by atoms with Gasteiger partial charge in [0.2, 0.25) is 0 Å². The van der Waals surface area contributed by atoms with Crippen molar-refractivity contribution in [1.29, 1.82) is 0 Å². The zero-order valence-corrected chi connectivity index (χ0v) is 25.5.